The highest BCUT2D eigenvalue weighted by Gasteiger charge is 2.20. The summed E-state index contributed by atoms with van der Waals surface area (Å²) in [4.78, 5) is 0. The van der Waals surface area contributed by atoms with E-state index < -0.39 is 7.25 Å². The minimum Gasteiger partial charge on any atom is -0.418 e. The van der Waals surface area contributed by atoms with Crippen LogP contribution in [0.15, 0.2) is 22.9 Å². The van der Waals surface area contributed by atoms with E-state index in [1.165, 1.54) is 0 Å². The fraction of sp³-hybridized carbons (Fsp3) is 0. The summed E-state index contributed by atoms with van der Waals surface area (Å²) in [5, 5.41) is 4.08. The van der Waals surface area contributed by atoms with E-state index in [1.54, 1.807) is 11.3 Å². The molecule has 0 nitrogen and oxygen atoms in total. The Morgan fingerprint density at radius 1 is 0.900 bits per heavy atom. The summed E-state index contributed by atoms with van der Waals surface area (Å²) in [6.45, 7) is 0. The molecule has 0 aliphatic rings. The normalized spacial score (nSPS) is 10.0. The molecule has 58 valence electrons. The van der Waals surface area contributed by atoms with Gasteiger partial charge in [0.15, 0.2) is 0 Å². The maximum Gasteiger partial charge on any atom is 0.673 e. The molecule has 1 rings (SSSR count). The van der Waals surface area contributed by atoms with Gasteiger partial charge in [-0.1, -0.05) is 12.1 Å². The zero-order chi connectivity index (χ0) is 8.04. The third-order valence-corrected chi connectivity index (χ3v) is 1.05. The molecule has 1 heterocycles. The van der Waals surface area contributed by atoms with E-state index >= 15 is 0 Å². The maximum atomic E-state index is 9.75. The average molecular weight is 171 g/mol. The monoisotopic (exact) mass is 171 g/mol. The van der Waals surface area contributed by atoms with Crippen molar-refractivity contribution in [3.8, 4) is 0 Å². The largest absolute Gasteiger partial charge is 0.673 e. The predicted molar refractivity (Wildman–Crippen MR) is 34.5 cm³/mol. The van der Waals surface area contributed by atoms with Crippen LogP contribution in [0.3, 0.4) is 0 Å². The van der Waals surface area contributed by atoms with Crippen LogP contribution in [-0.4, -0.2) is 7.25 Å². The zero-order valence-electron chi connectivity index (χ0n) is 4.81. The summed E-state index contributed by atoms with van der Waals surface area (Å²) in [6, 6.07) is 4.04. The molecule has 1 aromatic rings. The minimum absolute atomic E-state index is 1.71. The molecule has 0 saturated heterocycles. The van der Waals surface area contributed by atoms with E-state index in [0.717, 1.165) is 0 Å². The van der Waals surface area contributed by atoms with Gasteiger partial charge >= 0.3 is 7.25 Å². The third-order valence-electron chi connectivity index (χ3n) is 0.425. The first kappa shape index (κ1) is 9.48. The number of hydrogen-bond acceptors (Lipinski definition) is 1. The SMILES string of the molecule is F[B-](F)(F)F.c1ccsc1. The molecule has 0 atom stereocenters. The van der Waals surface area contributed by atoms with Crippen LogP contribution in [0.25, 0.3) is 0 Å². The Kier molecular flexibility index (Phi) is 4.10. The second-order valence-corrected chi connectivity index (χ2v) is 2.10. The first-order valence-corrected chi connectivity index (χ1v) is 3.29. The van der Waals surface area contributed by atoms with Crippen molar-refractivity contribution in [3.05, 3.63) is 22.9 Å². The van der Waals surface area contributed by atoms with Crippen molar-refractivity contribution in [2.75, 3.05) is 0 Å². The fourth-order valence-electron chi connectivity index (χ4n) is 0.227. The molecule has 0 fully saturated rings. The molecule has 0 saturated carbocycles. The quantitative estimate of drug-likeness (QED) is 0.415. The molecule has 0 spiro atoms. The first-order valence-electron chi connectivity index (χ1n) is 2.34. The molecular weight excluding hydrogens is 167 g/mol. The van der Waals surface area contributed by atoms with E-state index in [4.69, 9.17) is 0 Å². The Morgan fingerprint density at radius 2 is 1.20 bits per heavy atom. The van der Waals surface area contributed by atoms with Gasteiger partial charge in [0.05, 0.1) is 0 Å². The van der Waals surface area contributed by atoms with Crippen molar-refractivity contribution in [1.29, 1.82) is 0 Å². The van der Waals surface area contributed by atoms with Crippen molar-refractivity contribution >= 4 is 18.6 Å². The van der Waals surface area contributed by atoms with Crippen LogP contribution >= 0.6 is 11.3 Å². The summed E-state index contributed by atoms with van der Waals surface area (Å²) >= 11 is 1.71. The van der Waals surface area contributed by atoms with Gasteiger partial charge < -0.3 is 17.3 Å². The smallest absolute Gasteiger partial charge is 0.418 e. The molecule has 6 heteroatoms. The maximum absolute atomic E-state index is 9.75. The Morgan fingerprint density at radius 3 is 1.30 bits per heavy atom. The molecule has 0 aliphatic heterocycles. The van der Waals surface area contributed by atoms with Crippen molar-refractivity contribution in [2.24, 2.45) is 0 Å². The zero-order valence-corrected chi connectivity index (χ0v) is 5.62. The van der Waals surface area contributed by atoms with Gasteiger partial charge in [-0.25, -0.2) is 0 Å². The van der Waals surface area contributed by atoms with E-state index in [1.807, 2.05) is 22.9 Å². The fourth-order valence-corrected chi connectivity index (χ4v) is 0.680. The first-order chi connectivity index (χ1) is 4.50. The molecule has 1 aromatic heterocycles. The number of rotatable bonds is 0. The van der Waals surface area contributed by atoms with Gasteiger partial charge in [0.2, 0.25) is 0 Å². The Labute approximate surface area is 59.6 Å². The summed E-state index contributed by atoms with van der Waals surface area (Å²) < 4.78 is 39.0. The number of halogens is 4. The lowest BCUT2D eigenvalue weighted by atomic mass is 10.3. The second-order valence-electron chi connectivity index (χ2n) is 1.29. The summed E-state index contributed by atoms with van der Waals surface area (Å²) in [5.41, 5.74) is 0. The lowest BCUT2D eigenvalue weighted by Gasteiger charge is -1.94. The number of thiophene rings is 1. The lowest BCUT2D eigenvalue weighted by Crippen LogP contribution is -2.02. The Hall–Kier alpha value is -0.515. The van der Waals surface area contributed by atoms with Crippen molar-refractivity contribution in [1.82, 2.24) is 0 Å². The highest BCUT2D eigenvalue weighted by Crippen LogP contribution is 2.06. The van der Waals surface area contributed by atoms with Crippen molar-refractivity contribution in [3.63, 3.8) is 0 Å². The van der Waals surface area contributed by atoms with Crippen LogP contribution in [0.4, 0.5) is 17.3 Å². The third kappa shape index (κ3) is 15.6. The van der Waals surface area contributed by atoms with Crippen LogP contribution in [-0.2, 0) is 0 Å². The predicted octanol–water partition coefficient (Wildman–Crippen LogP) is 3.05. The van der Waals surface area contributed by atoms with E-state index in [0.29, 0.717) is 0 Å². The van der Waals surface area contributed by atoms with Gasteiger partial charge in [0, 0.05) is 0 Å². The van der Waals surface area contributed by atoms with Crippen molar-refractivity contribution < 1.29 is 17.3 Å². The van der Waals surface area contributed by atoms with Crippen LogP contribution in [0.5, 0.6) is 0 Å². The standard InChI is InChI=1S/C4H4S.BF4/c1-2-4-5-3-1;2-1(3,4)5/h1-4H;/q;-1. The molecule has 0 amide bonds. The van der Waals surface area contributed by atoms with Gasteiger partial charge in [0.1, 0.15) is 0 Å². The summed E-state index contributed by atoms with van der Waals surface area (Å²) in [6.07, 6.45) is 0. The molecule has 0 unspecified atom stereocenters. The van der Waals surface area contributed by atoms with Gasteiger partial charge in [0.25, 0.3) is 0 Å². The topological polar surface area (TPSA) is 0 Å². The van der Waals surface area contributed by atoms with Gasteiger partial charge in [-0.05, 0) is 10.8 Å². The minimum atomic E-state index is -6.00. The molecule has 10 heavy (non-hydrogen) atoms. The molecule has 0 aliphatic carbocycles. The molecule has 0 radical (unpaired) electrons. The highest BCUT2D eigenvalue weighted by molar-refractivity contribution is 7.07. The summed E-state index contributed by atoms with van der Waals surface area (Å²) in [7, 11) is -6.00. The van der Waals surface area contributed by atoms with Gasteiger partial charge in [-0.3, -0.25) is 0 Å². The lowest BCUT2D eigenvalue weighted by molar-refractivity contribution is 0.368. The van der Waals surface area contributed by atoms with E-state index in [9.17, 15) is 17.3 Å². The van der Waals surface area contributed by atoms with Gasteiger partial charge in [-0.15, -0.1) is 0 Å². The van der Waals surface area contributed by atoms with Gasteiger partial charge in [-0.2, -0.15) is 11.3 Å². The molecular formula is C4H4BF4S-. The second kappa shape index (κ2) is 4.32. The van der Waals surface area contributed by atoms with E-state index in [2.05, 4.69) is 0 Å². The van der Waals surface area contributed by atoms with Crippen LogP contribution in [0.1, 0.15) is 0 Å². The number of hydrogen-bond donors (Lipinski definition) is 0. The van der Waals surface area contributed by atoms with Crippen LogP contribution in [0, 0.1) is 0 Å². The van der Waals surface area contributed by atoms with E-state index in [-0.39, 0.29) is 0 Å². The van der Waals surface area contributed by atoms with Crippen LogP contribution in [0.2, 0.25) is 0 Å². The highest BCUT2D eigenvalue weighted by atomic mass is 32.1. The molecule has 0 N–H and O–H groups in total. The molecule has 0 bridgehead atoms. The Balaban J connectivity index is 0.000000162. The summed E-state index contributed by atoms with van der Waals surface area (Å²) in [5.74, 6) is 0. The van der Waals surface area contributed by atoms with Crippen molar-refractivity contribution in [2.45, 2.75) is 0 Å². The molecule has 0 aromatic carbocycles. The average Bonchev–Trinajstić information content (AvgIpc) is 2.07. The van der Waals surface area contributed by atoms with Crippen LogP contribution < -0.4 is 0 Å². The Bertz CT molecular complexity index is 124.